The highest BCUT2D eigenvalue weighted by Crippen LogP contribution is 2.29. The lowest BCUT2D eigenvalue weighted by Gasteiger charge is -2.38. The molecule has 0 unspecified atom stereocenters. The second kappa shape index (κ2) is 10.4. The van der Waals surface area contributed by atoms with Crippen molar-refractivity contribution in [3.63, 3.8) is 0 Å². The molecule has 33 heavy (non-hydrogen) atoms. The van der Waals surface area contributed by atoms with Crippen LogP contribution in [-0.4, -0.2) is 71.9 Å². The number of halogens is 2. The Morgan fingerprint density at radius 3 is 2.61 bits per heavy atom. The van der Waals surface area contributed by atoms with Crippen LogP contribution < -0.4 is 10.2 Å². The van der Waals surface area contributed by atoms with Gasteiger partial charge < -0.3 is 29.8 Å². The number of carboxylic acids is 1. The van der Waals surface area contributed by atoms with Crippen molar-refractivity contribution in [1.29, 1.82) is 0 Å². The molecule has 0 aromatic carbocycles. The van der Waals surface area contributed by atoms with Crippen molar-refractivity contribution in [1.82, 2.24) is 15.3 Å². The Bertz CT molecular complexity index is 1070. The zero-order chi connectivity index (χ0) is 24.3. The average Bonchev–Trinajstić information content (AvgIpc) is 3.06. The number of hydrogen-bond donors (Lipinski definition) is 3. The second-order valence-corrected chi connectivity index (χ2v) is 8.21. The van der Waals surface area contributed by atoms with E-state index in [4.69, 9.17) is 32.7 Å². The fraction of sp³-hybridized carbons (Fsp3) is 0.429. The first-order valence-electron chi connectivity index (χ1n) is 10.2. The van der Waals surface area contributed by atoms with E-state index in [1.54, 1.807) is 13.8 Å². The molecule has 3 rings (SSSR count). The number of carboxylic acid groups (broad SMARTS) is 1. The van der Waals surface area contributed by atoms with Crippen molar-refractivity contribution >= 4 is 46.9 Å². The second-order valence-electron chi connectivity index (χ2n) is 7.46. The molecule has 0 radical (unpaired) electrons. The number of methoxy groups -OCH3 is 1. The maximum absolute atomic E-state index is 12.7. The molecule has 1 aliphatic heterocycles. The number of amides is 1. The highest BCUT2D eigenvalue weighted by atomic mass is 35.5. The lowest BCUT2D eigenvalue weighted by Crippen LogP contribution is -2.55. The third-order valence-corrected chi connectivity index (χ3v) is 6.35. The van der Waals surface area contributed by atoms with Crippen molar-refractivity contribution in [3.05, 3.63) is 44.8 Å². The Morgan fingerprint density at radius 1 is 1.30 bits per heavy atom. The molecule has 1 fully saturated rings. The topological polar surface area (TPSA) is 134 Å². The maximum atomic E-state index is 12.7. The van der Waals surface area contributed by atoms with E-state index >= 15 is 0 Å². The SMILES string of the molecule is CCOC(=O)c1cc(N2CC[C@@H](NC(=O)c3[nH]c(C)c(Cl)c3Cl)[C@@H](OC)C2)ncc1C(=O)O. The van der Waals surface area contributed by atoms with Crippen molar-refractivity contribution in [2.75, 3.05) is 31.7 Å². The minimum atomic E-state index is -1.27. The van der Waals surface area contributed by atoms with Crippen LogP contribution in [0.25, 0.3) is 0 Å². The third-order valence-electron chi connectivity index (χ3n) is 5.40. The van der Waals surface area contributed by atoms with Gasteiger partial charge in [0.1, 0.15) is 11.5 Å². The highest BCUT2D eigenvalue weighted by molar-refractivity contribution is 6.44. The lowest BCUT2D eigenvalue weighted by molar-refractivity contribution is 0.0512. The van der Waals surface area contributed by atoms with Crippen LogP contribution in [0.3, 0.4) is 0 Å². The summed E-state index contributed by atoms with van der Waals surface area (Å²) in [7, 11) is 1.53. The Kier molecular flexibility index (Phi) is 7.83. The van der Waals surface area contributed by atoms with E-state index < -0.39 is 23.9 Å². The summed E-state index contributed by atoms with van der Waals surface area (Å²) in [6, 6.07) is 1.08. The summed E-state index contributed by atoms with van der Waals surface area (Å²) in [5, 5.41) is 12.8. The monoisotopic (exact) mass is 498 g/mol. The zero-order valence-corrected chi connectivity index (χ0v) is 19.8. The molecule has 1 aliphatic rings. The number of anilines is 1. The highest BCUT2D eigenvalue weighted by Gasteiger charge is 2.33. The molecule has 178 valence electrons. The molecule has 2 aromatic rings. The number of aromatic nitrogens is 2. The van der Waals surface area contributed by atoms with Gasteiger partial charge in [0.15, 0.2) is 0 Å². The van der Waals surface area contributed by atoms with Gasteiger partial charge in [-0.25, -0.2) is 14.6 Å². The number of pyridine rings is 1. The summed E-state index contributed by atoms with van der Waals surface area (Å²) in [5.41, 5.74) is 0.464. The van der Waals surface area contributed by atoms with Crippen molar-refractivity contribution in [2.24, 2.45) is 0 Å². The smallest absolute Gasteiger partial charge is 0.339 e. The van der Waals surface area contributed by atoms with Crippen LogP contribution in [0.2, 0.25) is 10.0 Å². The normalized spacial score (nSPS) is 18.2. The molecule has 2 atom stereocenters. The first-order chi connectivity index (χ1) is 15.7. The number of aromatic carboxylic acids is 1. The van der Waals surface area contributed by atoms with Crippen LogP contribution in [0, 0.1) is 6.92 Å². The minimum absolute atomic E-state index is 0.0765. The summed E-state index contributed by atoms with van der Waals surface area (Å²) in [4.78, 5) is 45.4. The Labute approximate surface area is 200 Å². The zero-order valence-electron chi connectivity index (χ0n) is 18.3. The first kappa shape index (κ1) is 24.8. The van der Waals surface area contributed by atoms with E-state index in [-0.39, 0.29) is 34.5 Å². The van der Waals surface area contributed by atoms with Gasteiger partial charge in [-0.05, 0) is 26.3 Å². The van der Waals surface area contributed by atoms with E-state index in [0.717, 1.165) is 6.20 Å². The van der Waals surface area contributed by atoms with Crippen molar-refractivity contribution in [2.45, 2.75) is 32.4 Å². The predicted molar refractivity (Wildman–Crippen MR) is 122 cm³/mol. The summed E-state index contributed by atoms with van der Waals surface area (Å²) < 4.78 is 10.6. The van der Waals surface area contributed by atoms with Crippen LogP contribution in [0.15, 0.2) is 12.3 Å². The van der Waals surface area contributed by atoms with Gasteiger partial charge in [-0.15, -0.1) is 0 Å². The van der Waals surface area contributed by atoms with Gasteiger partial charge in [0.2, 0.25) is 0 Å². The van der Waals surface area contributed by atoms with Crippen LogP contribution >= 0.6 is 23.2 Å². The molecular formula is C21H24Cl2N4O6. The molecule has 3 N–H and O–H groups in total. The number of piperidine rings is 1. The fourth-order valence-corrected chi connectivity index (χ4v) is 4.08. The van der Waals surface area contributed by atoms with Crippen LogP contribution in [0.4, 0.5) is 5.82 Å². The van der Waals surface area contributed by atoms with E-state index in [2.05, 4.69) is 15.3 Å². The molecule has 0 spiro atoms. The molecule has 12 heteroatoms. The molecule has 10 nitrogen and oxygen atoms in total. The average molecular weight is 499 g/mol. The first-order valence-corrected chi connectivity index (χ1v) is 11.0. The van der Waals surface area contributed by atoms with Gasteiger partial charge in [0.05, 0.1) is 39.9 Å². The Hall–Kier alpha value is -2.82. The maximum Gasteiger partial charge on any atom is 0.339 e. The number of aromatic amines is 1. The predicted octanol–water partition coefficient (Wildman–Crippen LogP) is 2.92. The number of carbonyl (C=O) groups excluding carboxylic acids is 2. The number of esters is 1. The number of rotatable bonds is 7. The Morgan fingerprint density at radius 2 is 2.03 bits per heavy atom. The number of ether oxygens (including phenoxy) is 2. The third kappa shape index (κ3) is 5.23. The molecule has 0 aliphatic carbocycles. The van der Waals surface area contributed by atoms with Crippen molar-refractivity contribution in [3.8, 4) is 0 Å². The Balaban J connectivity index is 1.77. The standard InChI is InChI=1S/C21H24Cl2N4O6/c1-4-33-21(31)11-7-15(24-8-12(11)20(29)30)27-6-5-13(14(9-27)32-3)26-19(28)18-17(23)16(22)10(2)25-18/h7-8,13-14,25H,4-6,9H2,1-3H3,(H,26,28)(H,29,30)/t13-,14+/m1/s1. The number of hydrogen-bond acceptors (Lipinski definition) is 7. The van der Waals surface area contributed by atoms with Crippen LogP contribution in [0.1, 0.15) is 50.2 Å². The quantitative estimate of drug-likeness (QED) is 0.496. The molecule has 2 aromatic heterocycles. The van der Waals surface area contributed by atoms with E-state index in [1.807, 2.05) is 4.90 Å². The number of carbonyl (C=O) groups is 3. The summed E-state index contributed by atoms with van der Waals surface area (Å²) >= 11 is 12.2. The molecule has 1 saturated heterocycles. The van der Waals surface area contributed by atoms with Gasteiger partial charge in [0, 0.05) is 32.1 Å². The summed E-state index contributed by atoms with van der Waals surface area (Å²) in [5.74, 6) is -2.00. The van der Waals surface area contributed by atoms with E-state index in [9.17, 15) is 19.5 Å². The van der Waals surface area contributed by atoms with Gasteiger partial charge >= 0.3 is 11.9 Å². The molecule has 0 saturated carbocycles. The minimum Gasteiger partial charge on any atom is -0.478 e. The molecular weight excluding hydrogens is 475 g/mol. The lowest BCUT2D eigenvalue weighted by atomic mass is 10.0. The number of aryl methyl sites for hydroxylation is 1. The van der Waals surface area contributed by atoms with E-state index in [1.165, 1.54) is 13.2 Å². The molecule has 3 heterocycles. The van der Waals surface area contributed by atoms with Crippen molar-refractivity contribution < 1.29 is 29.0 Å². The fourth-order valence-electron chi connectivity index (χ4n) is 3.66. The molecule has 1 amide bonds. The van der Waals surface area contributed by atoms with Gasteiger partial charge in [0.25, 0.3) is 5.91 Å². The van der Waals surface area contributed by atoms with E-state index in [0.29, 0.717) is 36.0 Å². The summed E-state index contributed by atoms with van der Waals surface area (Å²) in [6.45, 7) is 4.29. The van der Waals surface area contributed by atoms with Gasteiger partial charge in [-0.1, -0.05) is 23.2 Å². The summed E-state index contributed by atoms with van der Waals surface area (Å²) in [6.07, 6.45) is 1.24. The molecule has 0 bridgehead atoms. The van der Waals surface area contributed by atoms with Gasteiger partial charge in [-0.2, -0.15) is 0 Å². The number of nitrogens with one attached hydrogen (secondary N) is 2. The number of nitrogens with zero attached hydrogens (tertiary/aromatic N) is 2. The largest absolute Gasteiger partial charge is 0.478 e. The van der Waals surface area contributed by atoms with Crippen LogP contribution in [0.5, 0.6) is 0 Å². The van der Waals surface area contributed by atoms with Crippen LogP contribution in [-0.2, 0) is 9.47 Å². The number of H-pyrrole nitrogens is 1. The van der Waals surface area contributed by atoms with Gasteiger partial charge in [-0.3, -0.25) is 4.79 Å².